The van der Waals surface area contributed by atoms with Gasteiger partial charge < -0.3 is 0 Å². The highest BCUT2D eigenvalue weighted by Crippen LogP contribution is 2.19. The molecule has 0 spiro atoms. The summed E-state index contributed by atoms with van der Waals surface area (Å²) >= 11 is 0. The van der Waals surface area contributed by atoms with Gasteiger partial charge in [-0.2, -0.15) is 0 Å². The van der Waals surface area contributed by atoms with E-state index in [2.05, 4.69) is 0 Å². The summed E-state index contributed by atoms with van der Waals surface area (Å²) in [4.78, 5) is 35.9. The molecule has 0 saturated heterocycles. The summed E-state index contributed by atoms with van der Waals surface area (Å²) in [7, 11) is 0. The molecule has 3 aromatic rings. The predicted molar refractivity (Wildman–Crippen MR) is 155 cm³/mol. The first-order valence-electron chi connectivity index (χ1n) is 12.5. The van der Waals surface area contributed by atoms with Crippen LogP contribution in [0.4, 0.5) is 0 Å². The Balaban J connectivity index is 2.08. The Kier molecular flexibility index (Phi) is 10.2. The van der Waals surface area contributed by atoms with Gasteiger partial charge in [0, 0.05) is 18.2 Å². The van der Waals surface area contributed by atoms with Gasteiger partial charge in [-0.3, -0.25) is 35.2 Å². The maximum atomic E-state index is 12.1. The fourth-order valence-corrected chi connectivity index (χ4v) is 4.11. The van der Waals surface area contributed by atoms with Gasteiger partial charge in [0.05, 0.1) is 34.4 Å². The molecular weight excluding hydrogens is 512 g/mol. The number of nitrogens with zero attached hydrogens (tertiary/aromatic N) is 4. The van der Waals surface area contributed by atoms with Crippen molar-refractivity contribution in [2.75, 3.05) is 19.6 Å². The third-order valence-electron chi connectivity index (χ3n) is 6.39. The van der Waals surface area contributed by atoms with Crippen molar-refractivity contribution >= 4 is 18.2 Å². The van der Waals surface area contributed by atoms with Crippen LogP contribution in [0.3, 0.4) is 0 Å². The largest absolute Gasteiger partial charge is 0.273 e. The molecule has 10 nitrogen and oxygen atoms in total. The van der Waals surface area contributed by atoms with E-state index in [0.29, 0.717) is 16.7 Å². The number of hydrogen-bond donors (Lipinski definition) is 0. The molecule has 0 aliphatic heterocycles. The van der Waals surface area contributed by atoms with Gasteiger partial charge in [-0.25, -0.2) is 0 Å². The summed E-state index contributed by atoms with van der Waals surface area (Å²) in [6.07, 6.45) is 4.20. The Morgan fingerprint density at radius 2 is 0.800 bits per heavy atom. The van der Waals surface area contributed by atoms with E-state index < -0.39 is 14.8 Å². The van der Waals surface area contributed by atoms with Gasteiger partial charge in [-0.05, 0) is 54.2 Å². The number of hydrogen-bond acceptors (Lipinski definition) is 7. The van der Waals surface area contributed by atoms with Gasteiger partial charge in [0.15, 0.2) is 0 Å². The molecule has 0 aromatic heterocycles. The SMILES string of the molecule is Cc1ccccc1/C=C(\CN(C/C(=C\c1ccccc1C)[N+](=O)[O-])C/C(=C\c1ccccc1C)[N+](=O)[O-])[N+](=O)[O-]. The molecule has 0 radical (unpaired) electrons. The molecular formula is C30H30N4O6. The van der Waals surface area contributed by atoms with E-state index in [1.807, 2.05) is 57.2 Å². The van der Waals surface area contributed by atoms with Crippen molar-refractivity contribution in [1.29, 1.82) is 0 Å². The van der Waals surface area contributed by atoms with Crippen molar-refractivity contribution in [3.8, 4) is 0 Å². The Bertz CT molecular complexity index is 1330. The van der Waals surface area contributed by atoms with Crippen LogP contribution in [0, 0.1) is 51.1 Å². The maximum Gasteiger partial charge on any atom is 0.260 e. The molecule has 0 fully saturated rings. The Labute approximate surface area is 232 Å². The summed E-state index contributed by atoms with van der Waals surface area (Å²) < 4.78 is 0. The summed E-state index contributed by atoms with van der Waals surface area (Å²) in [5.41, 5.74) is 3.54. The van der Waals surface area contributed by atoms with Gasteiger partial charge in [-0.15, -0.1) is 0 Å². The first-order chi connectivity index (χ1) is 19.0. The van der Waals surface area contributed by atoms with E-state index in [0.717, 1.165) is 16.7 Å². The zero-order chi connectivity index (χ0) is 29.2. The molecule has 0 aliphatic rings. The summed E-state index contributed by atoms with van der Waals surface area (Å²) in [5.74, 6) is 0. The smallest absolute Gasteiger partial charge is 0.260 e. The summed E-state index contributed by atoms with van der Waals surface area (Å²) in [6.45, 7) is 4.35. The van der Waals surface area contributed by atoms with Crippen molar-refractivity contribution in [1.82, 2.24) is 4.90 Å². The zero-order valence-corrected chi connectivity index (χ0v) is 22.5. The minimum atomic E-state index is -0.562. The van der Waals surface area contributed by atoms with Crippen molar-refractivity contribution < 1.29 is 14.8 Å². The van der Waals surface area contributed by atoms with Crippen molar-refractivity contribution in [2.24, 2.45) is 0 Å². The van der Waals surface area contributed by atoms with Crippen LogP contribution >= 0.6 is 0 Å². The van der Waals surface area contributed by atoms with Crippen molar-refractivity contribution in [3.63, 3.8) is 0 Å². The topological polar surface area (TPSA) is 133 Å². The summed E-state index contributed by atoms with van der Waals surface area (Å²) in [5, 5.41) is 36.2. The van der Waals surface area contributed by atoms with Gasteiger partial charge in [0.25, 0.3) is 17.1 Å². The third-order valence-corrected chi connectivity index (χ3v) is 6.39. The molecule has 0 N–H and O–H groups in total. The van der Waals surface area contributed by atoms with E-state index in [9.17, 15) is 30.3 Å². The number of benzene rings is 3. The second-order valence-electron chi connectivity index (χ2n) is 9.39. The molecule has 0 heterocycles. The fourth-order valence-electron chi connectivity index (χ4n) is 4.11. The third kappa shape index (κ3) is 8.27. The highest BCUT2D eigenvalue weighted by atomic mass is 16.6. The second kappa shape index (κ2) is 13.7. The number of nitro groups is 3. The molecule has 0 unspecified atom stereocenters. The Hall–Kier alpha value is -4.96. The second-order valence-corrected chi connectivity index (χ2v) is 9.39. The quantitative estimate of drug-likeness (QED) is 0.197. The molecule has 0 aliphatic carbocycles. The van der Waals surface area contributed by atoms with E-state index in [1.165, 1.54) is 23.1 Å². The predicted octanol–water partition coefficient (Wildman–Crippen LogP) is 6.17. The Morgan fingerprint density at radius 1 is 0.550 bits per heavy atom. The highest BCUT2D eigenvalue weighted by molar-refractivity contribution is 5.57. The van der Waals surface area contributed by atoms with Gasteiger partial charge in [0.2, 0.25) is 0 Å². The van der Waals surface area contributed by atoms with Gasteiger partial charge >= 0.3 is 0 Å². The van der Waals surface area contributed by atoms with Crippen molar-refractivity contribution in [2.45, 2.75) is 20.8 Å². The monoisotopic (exact) mass is 542 g/mol. The lowest BCUT2D eigenvalue weighted by atomic mass is 10.1. The molecule has 40 heavy (non-hydrogen) atoms. The fraction of sp³-hybridized carbons (Fsp3) is 0.200. The molecule has 3 rings (SSSR count). The van der Waals surface area contributed by atoms with Crippen molar-refractivity contribution in [3.05, 3.63) is 154 Å². The zero-order valence-electron chi connectivity index (χ0n) is 22.5. The van der Waals surface area contributed by atoms with E-state index in [4.69, 9.17) is 0 Å². The molecule has 0 atom stereocenters. The lowest BCUT2D eigenvalue weighted by Gasteiger charge is -2.19. The molecule has 206 valence electrons. The van der Waals surface area contributed by atoms with Crippen LogP contribution in [0.25, 0.3) is 18.2 Å². The molecule has 3 aromatic carbocycles. The average molecular weight is 543 g/mol. The highest BCUT2D eigenvalue weighted by Gasteiger charge is 2.27. The Morgan fingerprint density at radius 3 is 1.02 bits per heavy atom. The minimum Gasteiger partial charge on any atom is -0.273 e. The summed E-state index contributed by atoms with van der Waals surface area (Å²) in [6, 6.07) is 21.3. The van der Waals surface area contributed by atoms with Crippen LogP contribution in [0.15, 0.2) is 89.9 Å². The number of rotatable bonds is 12. The lowest BCUT2D eigenvalue weighted by molar-refractivity contribution is -0.436. The lowest BCUT2D eigenvalue weighted by Crippen LogP contribution is -2.34. The molecule has 0 saturated carbocycles. The van der Waals surface area contributed by atoms with E-state index in [1.54, 1.807) is 36.4 Å². The van der Waals surface area contributed by atoms with E-state index >= 15 is 0 Å². The molecule has 10 heteroatoms. The van der Waals surface area contributed by atoms with Gasteiger partial charge in [-0.1, -0.05) is 72.8 Å². The first-order valence-corrected chi connectivity index (χ1v) is 12.5. The molecule has 0 amide bonds. The van der Waals surface area contributed by atoms with Crippen LogP contribution in [0.2, 0.25) is 0 Å². The first kappa shape index (κ1) is 29.6. The van der Waals surface area contributed by atoms with Crippen LogP contribution < -0.4 is 0 Å². The van der Waals surface area contributed by atoms with Crippen LogP contribution in [-0.2, 0) is 0 Å². The normalized spacial score (nSPS) is 12.4. The maximum absolute atomic E-state index is 12.1. The van der Waals surface area contributed by atoms with Crippen LogP contribution in [-0.4, -0.2) is 39.3 Å². The van der Waals surface area contributed by atoms with Gasteiger partial charge in [0.1, 0.15) is 0 Å². The number of aryl methyl sites for hydroxylation is 3. The van der Waals surface area contributed by atoms with Crippen LogP contribution in [0.5, 0.6) is 0 Å². The van der Waals surface area contributed by atoms with Crippen LogP contribution in [0.1, 0.15) is 33.4 Å². The average Bonchev–Trinajstić information content (AvgIpc) is 2.90. The van der Waals surface area contributed by atoms with E-state index in [-0.39, 0.29) is 36.7 Å². The standard InChI is InChI=1S/C30H30N4O6/c1-22-10-4-7-13-25(22)16-28(32(35)36)19-31(20-29(33(37)38)17-26-14-8-5-11-23(26)2)21-30(34(39)40)18-27-15-9-6-12-24(27)3/h4-18H,19-21H2,1-3H3/b28-16+,29-17+,30-18+. The molecule has 0 bridgehead atoms. The minimum absolute atomic E-state index is 0.244.